The molecular weight excluding hydrogens is 254 g/mol. The first kappa shape index (κ1) is 14.6. The van der Waals surface area contributed by atoms with Crippen LogP contribution in [0.3, 0.4) is 0 Å². The van der Waals surface area contributed by atoms with Crippen LogP contribution in [0.4, 0.5) is 0 Å². The lowest BCUT2D eigenvalue weighted by atomic mass is 10.1. The Morgan fingerprint density at radius 1 is 1.30 bits per heavy atom. The minimum atomic E-state index is -0.371. The zero-order valence-corrected chi connectivity index (χ0v) is 11.9. The summed E-state index contributed by atoms with van der Waals surface area (Å²) in [5.41, 5.74) is 1.24. The van der Waals surface area contributed by atoms with Crippen LogP contribution >= 0.6 is 0 Å². The number of likely N-dealkylation sites (tertiary alicyclic amines) is 1. The van der Waals surface area contributed by atoms with Gasteiger partial charge in [-0.1, -0.05) is 30.3 Å². The minimum absolute atomic E-state index is 0.0637. The highest BCUT2D eigenvalue weighted by Crippen LogP contribution is 2.20. The number of methoxy groups -OCH3 is 1. The monoisotopic (exact) mass is 275 g/mol. The average molecular weight is 275 g/mol. The summed E-state index contributed by atoms with van der Waals surface area (Å²) in [5.74, 6) is -0.229. The summed E-state index contributed by atoms with van der Waals surface area (Å²) in [4.78, 5) is 25.5. The quantitative estimate of drug-likeness (QED) is 0.774. The summed E-state index contributed by atoms with van der Waals surface area (Å²) in [7, 11) is 1.37. The highest BCUT2D eigenvalue weighted by Gasteiger charge is 2.34. The van der Waals surface area contributed by atoms with Crippen molar-refractivity contribution in [2.75, 3.05) is 13.7 Å². The SMILES string of the molecule is COC(=O)[C@H]1CCCN1C(=O)CCCc1ccccc1. The van der Waals surface area contributed by atoms with E-state index >= 15 is 0 Å². The fraction of sp³-hybridized carbons (Fsp3) is 0.500. The zero-order chi connectivity index (χ0) is 14.4. The van der Waals surface area contributed by atoms with Crippen LogP contribution in [0.5, 0.6) is 0 Å². The van der Waals surface area contributed by atoms with Gasteiger partial charge in [-0.3, -0.25) is 4.79 Å². The van der Waals surface area contributed by atoms with Crippen molar-refractivity contribution in [1.82, 2.24) is 4.90 Å². The fourth-order valence-electron chi connectivity index (χ4n) is 2.68. The van der Waals surface area contributed by atoms with Crippen molar-refractivity contribution in [1.29, 1.82) is 0 Å². The molecule has 20 heavy (non-hydrogen) atoms. The van der Waals surface area contributed by atoms with Gasteiger partial charge in [-0.2, -0.15) is 0 Å². The molecule has 1 fully saturated rings. The number of carbonyl (C=O) groups excluding carboxylic acids is 2. The van der Waals surface area contributed by atoms with Gasteiger partial charge in [0.25, 0.3) is 0 Å². The summed E-state index contributed by atoms with van der Waals surface area (Å²) in [6.45, 7) is 0.671. The van der Waals surface area contributed by atoms with Gasteiger partial charge in [-0.25, -0.2) is 4.79 Å². The number of amides is 1. The normalized spacial score (nSPS) is 18.1. The maximum Gasteiger partial charge on any atom is 0.328 e. The molecule has 1 aromatic rings. The smallest absolute Gasteiger partial charge is 0.328 e. The van der Waals surface area contributed by atoms with Gasteiger partial charge < -0.3 is 9.64 Å². The van der Waals surface area contributed by atoms with Gasteiger partial charge in [0.05, 0.1) is 7.11 Å². The fourth-order valence-corrected chi connectivity index (χ4v) is 2.68. The van der Waals surface area contributed by atoms with E-state index in [2.05, 4.69) is 12.1 Å². The molecule has 0 bridgehead atoms. The second-order valence-electron chi connectivity index (χ2n) is 5.11. The molecular formula is C16H21NO3. The molecule has 0 N–H and O–H groups in total. The van der Waals surface area contributed by atoms with Crippen LogP contribution in [0.15, 0.2) is 30.3 Å². The number of ether oxygens (including phenoxy) is 1. The molecule has 0 aliphatic carbocycles. The number of benzene rings is 1. The number of aryl methyl sites for hydroxylation is 1. The van der Waals surface area contributed by atoms with E-state index < -0.39 is 0 Å². The summed E-state index contributed by atoms with van der Waals surface area (Å²) >= 11 is 0. The number of rotatable bonds is 5. The van der Waals surface area contributed by atoms with E-state index in [0.717, 1.165) is 25.7 Å². The van der Waals surface area contributed by atoms with Crippen molar-refractivity contribution < 1.29 is 14.3 Å². The summed E-state index contributed by atoms with van der Waals surface area (Å²) < 4.78 is 4.76. The number of hydrogen-bond donors (Lipinski definition) is 0. The molecule has 0 unspecified atom stereocenters. The molecule has 1 aliphatic heterocycles. The van der Waals surface area contributed by atoms with E-state index in [-0.39, 0.29) is 17.9 Å². The van der Waals surface area contributed by atoms with Crippen LogP contribution in [0.2, 0.25) is 0 Å². The van der Waals surface area contributed by atoms with Crippen molar-refractivity contribution in [2.24, 2.45) is 0 Å². The van der Waals surface area contributed by atoms with Crippen LogP contribution in [-0.2, 0) is 20.7 Å². The standard InChI is InChI=1S/C16H21NO3/c1-20-16(19)14-10-6-12-17(14)15(18)11-5-9-13-7-3-2-4-8-13/h2-4,7-8,14H,5-6,9-12H2,1H3/t14-/m1/s1. The van der Waals surface area contributed by atoms with Gasteiger partial charge in [-0.05, 0) is 31.2 Å². The molecule has 1 aromatic carbocycles. The maximum absolute atomic E-state index is 12.2. The van der Waals surface area contributed by atoms with Gasteiger partial charge in [0.1, 0.15) is 6.04 Å². The molecule has 1 amide bonds. The van der Waals surface area contributed by atoms with Gasteiger partial charge in [0.2, 0.25) is 5.91 Å². The van der Waals surface area contributed by atoms with E-state index in [9.17, 15) is 9.59 Å². The molecule has 4 heteroatoms. The molecule has 1 atom stereocenters. The third kappa shape index (κ3) is 3.59. The van der Waals surface area contributed by atoms with Crippen molar-refractivity contribution in [2.45, 2.75) is 38.1 Å². The first-order valence-electron chi connectivity index (χ1n) is 7.13. The van der Waals surface area contributed by atoms with Crippen molar-refractivity contribution >= 4 is 11.9 Å². The maximum atomic E-state index is 12.2. The third-order valence-electron chi connectivity index (χ3n) is 3.75. The van der Waals surface area contributed by atoms with Crippen LogP contribution in [0.25, 0.3) is 0 Å². The highest BCUT2D eigenvalue weighted by atomic mass is 16.5. The van der Waals surface area contributed by atoms with E-state index in [4.69, 9.17) is 4.74 Å². The van der Waals surface area contributed by atoms with Crippen LogP contribution in [0.1, 0.15) is 31.2 Å². The van der Waals surface area contributed by atoms with Crippen LogP contribution in [-0.4, -0.2) is 36.5 Å². The molecule has 4 nitrogen and oxygen atoms in total. The molecule has 1 saturated heterocycles. The second kappa shape index (κ2) is 7.08. The largest absolute Gasteiger partial charge is 0.467 e. The Kier molecular flexibility index (Phi) is 5.16. The van der Waals surface area contributed by atoms with E-state index in [1.807, 2.05) is 18.2 Å². The van der Waals surface area contributed by atoms with Gasteiger partial charge >= 0.3 is 5.97 Å². The minimum Gasteiger partial charge on any atom is -0.467 e. The Balaban J connectivity index is 1.81. The predicted octanol–water partition coefficient (Wildman–Crippen LogP) is 2.17. The molecule has 0 aromatic heterocycles. The average Bonchev–Trinajstić information content (AvgIpc) is 2.97. The van der Waals surface area contributed by atoms with Gasteiger partial charge in [-0.15, -0.1) is 0 Å². The first-order valence-corrected chi connectivity index (χ1v) is 7.13. The lowest BCUT2D eigenvalue weighted by molar-refractivity contribution is -0.151. The molecule has 2 rings (SSSR count). The Bertz CT molecular complexity index is 458. The number of nitrogens with zero attached hydrogens (tertiary/aromatic N) is 1. The lowest BCUT2D eigenvalue weighted by Gasteiger charge is -2.22. The summed E-state index contributed by atoms with van der Waals surface area (Å²) in [6.07, 6.45) is 3.79. The van der Waals surface area contributed by atoms with Gasteiger partial charge in [0, 0.05) is 13.0 Å². The molecule has 0 radical (unpaired) electrons. The summed E-state index contributed by atoms with van der Waals surface area (Å²) in [5, 5.41) is 0. The number of esters is 1. The molecule has 108 valence electrons. The Morgan fingerprint density at radius 2 is 2.05 bits per heavy atom. The highest BCUT2D eigenvalue weighted by molar-refractivity contribution is 5.85. The van der Waals surface area contributed by atoms with Gasteiger partial charge in [0.15, 0.2) is 0 Å². The van der Waals surface area contributed by atoms with Crippen molar-refractivity contribution in [3.05, 3.63) is 35.9 Å². The lowest BCUT2D eigenvalue weighted by Crippen LogP contribution is -2.41. The topological polar surface area (TPSA) is 46.6 Å². The zero-order valence-electron chi connectivity index (χ0n) is 11.9. The molecule has 0 saturated carbocycles. The Hall–Kier alpha value is -1.84. The number of hydrogen-bond acceptors (Lipinski definition) is 3. The third-order valence-corrected chi connectivity index (χ3v) is 3.75. The van der Waals surface area contributed by atoms with Crippen LogP contribution < -0.4 is 0 Å². The van der Waals surface area contributed by atoms with Crippen molar-refractivity contribution in [3.63, 3.8) is 0 Å². The Morgan fingerprint density at radius 3 is 2.75 bits per heavy atom. The van der Waals surface area contributed by atoms with E-state index in [1.54, 1.807) is 4.90 Å². The molecule has 1 heterocycles. The second-order valence-corrected chi connectivity index (χ2v) is 5.11. The van der Waals surface area contributed by atoms with Crippen molar-refractivity contribution in [3.8, 4) is 0 Å². The molecule has 0 spiro atoms. The van der Waals surface area contributed by atoms with E-state index in [0.29, 0.717) is 13.0 Å². The Labute approximate surface area is 119 Å². The number of carbonyl (C=O) groups is 2. The van der Waals surface area contributed by atoms with E-state index in [1.165, 1.54) is 12.7 Å². The summed E-state index contributed by atoms with van der Waals surface area (Å²) in [6, 6.07) is 9.76. The first-order chi connectivity index (χ1) is 9.72. The predicted molar refractivity (Wildman–Crippen MR) is 76.1 cm³/mol. The van der Waals surface area contributed by atoms with Crippen LogP contribution in [0, 0.1) is 0 Å². The molecule has 1 aliphatic rings.